The molecular formula is C20H16ClNO. The summed E-state index contributed by atoms with van der Waals surface area (Å²) >= 11 is 6.42. The van der Waals surface area contributed by atoms with Crippen molar-refractivity contribution in [3.8, 4) is 16.9 Å². The molecule has 0 N–H and O–H groups in total. The first kappa shape index (κ1) is 14.3. The third kappa shape index (κ3) is 2.40. The highest BCUT2D eigenvalue weighted by atomic mass is 35.5. The molecule has 0 saturated heterocycles. The Morgan fingerprint density at radius 2 is 1.61 bits per heavy atom. The van der Waals surface area contributed by atoms with Crippen LogP contribution in [0, 0.1) is 0 Å². The van der Waals surface area contributed by atoms with Gasteiger partial charge in [0.1, 0.15) is 0 Å². The highest BCUT2D eigenvalue weighted by molar-refractivity contribution is 6.33. The molecule has 0 saturated carbocycles. The lowest BCUT2D eigenvalue weighted by atomic mass is 9.96. The summed E-state index contributed by atoms with van der Waals surface area (Å²) < 4.78 is 2.19. The van der Waals surface area contributed by atoms with E-state index in [-0.39, 0.29) is 5.78 Å². The minimum Gasteiger partial charge on any atom is -0.313 e. The Kier molecular flexibility index (Phi) is 3.55. The molecule has 1 aromatic heterocycles. The normalized spacial score (nSPS) is 13.9. The molecule has 2 nitrogen and oxygen atoms in total. The highest BCUT2D eigenvalue weighted by Crippen LogP contribution is 2.36. The van der Waals surface area contributed by atoms with E-state index in [1.54, 1.807) is 0 Å². The second kappa shape index (κ2) is 5.71. The number of ketones is 1. The Morgan fingerprint density at radius 1 is 0.870 bits per heavy atom. The van der Waals surface area contributed by atoms with Gasteiger partial charge in [-0.2, -0.15) is 0 Å². The Bertz CT molecular complexity index is 880. The molecule has 0 atom stereocenters. The van der Waals surface area contributed by atoms with Crippen LogP contribution < -0.4 is 0 Å². The number of carbonyl (C=O) groups is 1. The summed E-state index contributed by atoms with van der Waals surface area (Å²) in [6, 6.07) is 20.0. The molecule has 0 bridgehead atoms. The van der Waals surface area contributed by atoms with Crippen molar-refractivity contribution in [1.82, 2.24) is 4.57 Å². The minimum absolute atomic E-state index is 0.231. The quantitative estimate of drug-likeness (QED) is 0.626. The van der Waals surface area contributed by atoms with Crippen molar-refractivity contribution in [2.75, 3.05) is 0 Å². The average Bonchev–Trinajstić information content (AvgIpc) is 2.97. The number of Topliss-reactive ketones (excluding diaryl/α,β-unsaturated/α-hetero) is 1. The van der Waals surface area contributed by atoms with E-state index in [4.69, 9.17) is 11.6 Å². The second-order valence-electron chi connectivity index (χ2n) is 5.82. The van der Waals surface area contributed by atoms with E-state index in [0.29, 0.717) is 11.4 Å². The summed E-state index contributed by atoms with van der Waals surface area (Å²) in [7, 11) is 0. The first-order chi connectivity index (χ1) is 11.3. The van der Waals surface area contributed by atoms with Crippen LogP contribution in [0.15, 0.2) is 60.7 Å². The van der Waals surface area contributed by atoms with Gasteiger partial charge in [-0.05, 0) is 37.1 Å². The molecule has 23 heavy (non-hydrogen) atoms. The lowest BCUT2D eigenvalue weighted by molar-refractivity contribution is 0.0972. The Balaban J connectivity index is 2.03. The van der Waals surface area contributed by atoms with E-state index in [1.807, 2.05) is 48.5 Å². The number of benzene rings is 2. The van der Waals surface area contributed by atoms with Crippen molar-refractivity contribution in [3.63, 3.8) is 0 Å². The molecule has 114 valence electrons. The molecule has 0 spiro atoms. The lowest BCUT2D eigenvalue weighted by Gasteiger charge is -2.17. The van der Waals surface area contributed by atoms with Crippen LogP contribution in [-0.2, 0) is 6.42 Å². The van der Waals surface area contributed by atoms with Gasteiger partial charge < -0.3 is 4.57 Å². The van der Waals surface area contributed by atoms with Gasteiger partial charge in [-0.15, -0.1) is 0 Å². The Hall–Kier alpha value is -2.32. The van der Waals surface area contributed by atoms with Crippen LogP contribution in [0.5, 0.6) is 0 Å². The predicted octanol–water partition coefficient (Wildman–Crippen LogP) is 5.32. The van der Waals surface area contributed by atoms with Crippen LogP contribution in [0.25, 0.3) is 16.9 Å². The lowest BCUT2D eigenvalue weighted by Crippen LogP contribution is -2.12. The molecule has 0 amide bonds. The monoisotopic (exact) mass is 321 g/mol. The van der Waals surface area contributed by atoms with E-state index in [1.165, 1.54) is 0 Å². The zero-order chi connectivity index (χ0) is 15.8. The first-order valence-electron chi connectivity index (χ1n) is 7.84. The number of carbonyl (C=O) groups excluding carboxylic acids is 1. The van der Waals surface area contributed by atoms with E-state index < -0.39 is 0 Å². The van der Waals surface area contributed by atoms with Crippen LogP contribution >= 0.6 is 11.6 Å². The van der Waals surface area contributed by atoms with Crippen LogP contribution in [-0.4, -0.2) is 10.4 Å². The molecule has 1 aliphatic rings. The molecule has 0 unspecified atom stereocenters. The summed E-state index contributed by atoms with van der Waals surface area (Å²) in [5, 5.41) is 0.701. The Morgan fingerprint density at radius 3 is 2.39 bits per heavy atom. The Labute approximate surface area is 140 Å². The topological polar surface area (TPSA) is 22.0 Å². The molecule has 1 aliphatic carbocycles. The minimum atomic E-state index is 0.231. The predicted molar refractivity (Wildman–Crippen MR) is 93.5 cm³/mol. The first-order valence-corrected chi connectivity index (χ1v) is 8.21. The second-order valence-corrected chi connectivity index (χ2v) is 6.22. The molecule has 3 heteroatoms. The molecule has 0 radical (unpaired) electrons. The van der Waals surface area contributed by atoms with E-state index in [2.05, 4.69) is 16.7 Å². The summed E-state index contributed by atoms with van der Waals surface area (Å²) in [6.45, 7) is 0. The van der Waals surface area contributed by atoms with Gasteiger partial charge in [-0.3, -0.25) is 4.79 Å². The summed E-state index contributed by atoms with van der Waals surface area (Å²) in [5.41, 5.74) is 4.96. The van der Waals surface area contributed by atoms with Crippen molar-refractivity contribution in [3.05, 3.63) is 76.9 Å². The number of para-hydroxylation sites is 1. The highest BCUT2D eigenvalue weighted by Gasteiger charge is 2.25. The number of hydrogen-bond donors (Lipinski definition) is 0. The molecule has 2 aromatic carbocycles. The largest absolute Gasteiger partial charge is 0.313 e. The maximum absolute atomic E-state index is 12.4. The van der Waals surface area contributed by atoms with E-state index in [9.17, 15) is 4.79 Å². The average molecular weight is 322 g/mol. The van der Waals surface area contributed by atoms with Crippen molar-refractivity contribution in [1.29, 1.82) is 0 Å². The third-order valence-electron chi connectivity index (χ3n) is 4.38. The summed E-state index contributed by atoms with van der Waals surface area (Å²) in [5.74, 6) is 0.231. The number of halogens is 1. The van der Waals surface area contributed by atoms with E-state index >= 15 is 0 Å². The van der Waals surface area contributed by atoms with Gasteiger partial charge in [0.05, 0.1) is 5.69 Å². The van der Waals surface area contributed by atoms with E-state index in [0.717, 1.165) is 41.0 Å². The molecule has 0 fully saturated rings. The van der Waals surface area contributed by atoms with Gasteiger partial charge in [-0.25, -0.2) is 0 Å². The maximum Gasteiger partial charge on any atom is 0.164 e. The number of nitrogens with zero attached hydrogens (tertiary/aromatic N) is 1. The summed E-state index contributed by atoms with van der Waals surface area (Å²) in [4.78, 5) is 12.4. The third-order valence-corrected chi connectivity index (χ3v) is 4.71. The number of hydrogen-bond acceptors (Lipinski definition) is 1. The fourth-order valence-electron chi connectivity index (χ4n) is 3.33. The maximum atomic E-state index is 12.4. The van der Waals surface area contributed by atoms with Gasteiger partial charge in [0.2, 0.25) is 0 Å². The molecule has 0 aliphatic heterocycles. The van der Waals surface area contributed by atoms with Crippen molar-refractivity contribution in [2.24, 2.45) is 0 Å². The zero-order valence-corrected chi connectivity index (χ0v) is 13.4. The number of aromatic nitrogens is 1. The van der Waals surface area contributed by atoms with Gasteiger partial charge in [0.15, 0.2) is 5.78 Å². The van der Waals surface area contributed by atoms with Crippen molar-refractivity contribution >= 4 is 17.4 Å². The van der Waals surface area contributed by atoms with Gasteiger partial charge in [-0.1, -0.05) is 48.0 Å². The number of rotatable bonds is 2. The molecular weight excluding hydrogens is 306 g/mol. The smallest absolute Gasteiger partial charge is 0.164 e. The van der Waals surface area contributed by atoms with Crippen LogP contribution in [0.4, 0.5) is 0 Å². The SMILES string of the molecule is O=C1CCCc2c1cc(-c1ccccc1Cl)n2-c1ccccc1. The van der Waals surface area contributed by atoms with Crippen LogP contribution in [0.1, 0.15) is 28.9 Å². The molecule has 1 heterocycles. The van der Waals surface area contributed by atoms with Crippen molar-refractivity contribution < 1.29 is 4.79 Å². The number of fused-ring (bicyclic) bond motifs is 1. The van der Waals surface area contributed by atoms with Crippen molar-refractivity contribution in [2.45, 2.75) is 19.3 Å². The van der Waals surface area contributed by atoms with Gasteiger partial charge in [0.25, 0.3) is 0 Å². The molecule has 4 rings (SSSR count). The van der Waals surface area contributed by atoms with Crippen LogP contribution in [0.2, 0.25) is 5.02 Å². The fraction of sp³-hybridized carbons (Fsp3) is 0.150. The van der Waals surface area contributed by atoms with Gasteiger partial charge >= 0.3 is 0 Å². The molecule has 3 aromatic rings. The fourth-order valence-corrected chi connectivity index (χ4v) is 3.56. The van der Waals surface area contributed by atoms with Crippen LogP contribution in [0.3, 0.4) is 0 Å². The van der Waals surface area contributed by atoms with Gasteiger partial charge in [0, 0.05) is 34.0 Å². The zero-order valence-electron chi connectivity index (χ0n) is 12.6. The summed E-state index contributed by atoms with van der Waals surface area (Å²) in [6.07, 6.45) is 2.46. The standard InChI is InChI=1S/C20H16ClNO/c21-17-10-5-4-9-15(17)19-13-16-18(11-6-12-20(16)23)22(19)14-7-2-1-3-8-14/h1-5,7-10,13H,6,11-12H2.